The van der Waals surface area contributed by atoms with Crippen molar-refractivity contribution in [3.63, 3.8) is 0 Å². The molecular formula is C17H15FN4. The van der Waals surface area contributed by atoms with E-state index in [-0.39, 0.29) is 0 Å². The summed E-state index contributed by atoms with van der Waals surface area (Å²) in [4.78, 5) is 8.43. The highest BCUT2D eigenvalue weighted by atomic mass is 19.1. The van der Waals surface area contributed by atoms with Crippen LogP contribution in [0.25, 0.3) is 0 Å². The smallest absolute Gasteiger partial charge is 0.282 e. The van der Waals surface area contributed by atoms with Gasteiger partial charge in [0.15, 0.2) is 0 Å². The lowest BCUT2D eigenvalue weighted by Gasteiger charge is -2.26. The van der Waals surface area contributed by atoms with Gasteiger partial charge in [0.1, 0.15) is 11.5 Å². The van der Waals surface area contributed by atoms with Crippen LogP contribution in [0.1, 0.15) is 22.8 Å². The molecule has 1 atom stereocenters. The zero-order valence-corrected chi connectivity index (χ0v) is 12.3. The Balaban J connectivity index is 1.91. The predicted octanol–water partition coefficient (Wildman–Crippen LogP) is 2.55. The molecule has 4 nitrogen and oxygen atoms in total. The van der Waals surface area contributed by atoms with Gasteiger partial charge in [-0.25, -0.2) is 4.98 Å². The van der Waals surface area contributed by atoms with Gasteiger partial charge >= 0.3 is 0 Å². The molecule has 0 aromatic carbocycles. The second-order valence-corrected chi connectivity index (χ2v) is 5.02. The first-order chi connectivity index (χ1) is 10.6. The summed E-state index contributed by atoms with van der Waals surface area (Å²) in [6.45, 7) is 3.66. The highest BCUT2D eigenvalue weighted by molar-refractivity contribution is 5.40. The van der Waals surface area contributed by atoms with Crippen LogP contribution in [0.5, 0.6) is 0 Å². The van der Waals surface area contributed by atoms with Gasteiger partial charge in [-0.1, -0.05) is 12.0 Å². The number of hydrogen-bond donors (Lipinski definition) is 1. The van der Waals surface area contributed by atoms with Crippen molar-refractivity contribution in [3.8, 4) is 11.8 Å². The molecule has 1 aliphatic rings. The molecule has 3 heterocycles. The van der Waals surface area contributed by atoms with E-state index in [1.54, 1.807) is 37.7 Å². The molecular weight excluding hydrogens is 279 g/mol. The molecule has 0 bridgehead atoms. The molecule has 0 amide bonds. The van der Waals surface area contributed by atoms with E-state index in [9.17, 15) is 4.39 Å². The summed E-state index contributed by atoms with van der Waals surface area (Å²) >= 11 is 0. The van der Waals surface area contributed by atoms with Crippen molar-refractivity contribution >= 4 is 0 Å². The monoisotopic (exact) mass is 294 g/mol. The first kappa shape index (κ1) is 14.1. The lowest BCUT2D eigenvalue weighted by Crippen LogP contribution is -2.40. The molecule has 3 rings (SSSR count). The van der Waals surface area contributed by atoms with Gasteiger partial charge < -0.3 is 5.32 Å². The van der Waals surface area contributed by atoms with Gasteiger partial charge in [-0.05, 0) is 44.1 Å². The third kappa shape index (κ3) is 2.77. The van der Waals surface area contributed by atoms with Crippen LogP contribution in [-0.4, -0.2) is 14.5 Å². The number of aromatic nitrogens is 3. The van der Waals surface area contributed by atoms with Crippen molar-refractivity contribution < 1.29 is 4.39 Å². The molecule has 2 aromatic rings. The van der Waals surface area contributed by atoms with Crippen LogP contribution in [0, 0.1) is 25.7 Å². The first-order valence-electron chi connectivity index (χ1n) is 6.89. The number of aryl methyl sites for hydroxylation is 2. The van der Waals surface area contributed by atoms with Gasteiger partial charge in [0.05, 0.1) is 0 Å². The summed E-state index contributed by atoms with van der Waals surface area (Å²) in [6, 6.07) is 3.72. The molecule has 0 saturated heterocycles. The van der Waals surface area contributed by atoms with Crippen LogP contribution < -0.4 is 5.32 Å². The molecule has 1 N–H and O–H groups in total. The van der Waals surface area contributed by atoms with E-state index in [1.165, 1.54) is 10.6 Å². The zero-order valence-electron chi connectivity index (χ0n) is 12.3. The van der Waals surface area contributed by atoms with E-state index in [0.29, 0.717) is 11.5 Å². The average molecular weight is 294 g/mol. The maximum Gasteiger partial charge on any atom is 0.282 e. The number of alkyl halides is 1. The maximum atomic E-state index is 14.8. The molecule has 110 valence electrons. The predicted molar refractivity (Wildman–Crippen MR) is 82.4 cm³/mol. The second kappa shape index (κ2) is 5.49. The zero-order chi connectivity index (χ0) is 15.6. The van der Waals surface area contributed by atoms with Crippen molar-refractivity contribution in [3.05, 3.63) is 71.7 Å². The molecule has 0 fully saturated rings. The van der Waals surface area contributed by atoms with Crippen molar-refractivity contribution in [2.45, 2.75) is 19.8 Å². The van der Waals surface area contributed by atoms with E-state index in [1.807, 2.05) is 19.1 Å². The van der Waals surface area contributed by atoms with Crippen molar-refractivity contribution in [1.82, 2.24) is 19.9 Å². The average Bonchev–Trinajstić information content (AvgIpc) is 2.88. The number of imidazole rings is 1. The van der Waals surface area contributed by atoms with Gasteiger partial charge in [0.2, 0.25) is 0 Å². The van der Waals surface area contributed by atoms with Crippen LogP contribution in [0.2, 0.25) is 0 Å². The fourth-order valence-electron chi connectivity index (χ4n) is 2.22. The summed E-state index contributed by atoms with van der Waals surface area (Å²) in [5.74, 6) is 4.72. The third-order valence-corrected chi connectivity index (χ3v) is 3.27. The van der Waals surface area contributed by atoms with E-state index in [0.717, 1.165) is 11.3 Å². The lowest BCUT2D eigenvalue weighted by atomic mass is 10.2. The molecule has 1 unspecified atom stereocenters. The van der Waals surface area contributed by atoms with Crippen molar-refractivity contribution in [1.29, 1.82) is 0 Å². The minimum atomic E-state index is -1.81. The van der Waals surface area contributed by atoms with Gasteiger partial charge in [-0.15, -0.1) is 0 Å². The van der Waals surface area contributed by atoms with Gasteiger partial charge in [0, 0.05) is 29.9 Å². The summed E-state index contributed by atoms with van der Waals surface area (Å²) in [5.41, 5.74) is 2.28. The molecule has 0 aliphatic carbocycles. The Morgan fingerprint density at radius 3 is 2.86 bits per heavy atom. The Hall–Kier alpha value is -2.87. The Morgan fingerprint density at radius 2 is 2.14 bits per heavy atom. The van der Waals surface area contributed by atoms with Crippen molar-refractivity contribution in [2.75, 3.05) is 0 Å². The topological polar surface area (TPSA) is 42.7 Å². The number of dihydropyridines is 1. The second-order valence-electron chi connectivity index (χ2n) is 5.02. The SMILES string of the molecule is Cc1cc(C#Cc2cn(C3(F)C=CC=CN3)c(C)n2)ccn1. The van der Waals surface area contributed by atoms with Crippen LogP contribution in [0.4, 0.5) is 4.39 Å². The van der Waals surface area contributed by atoms with Crippen molar-refractivity contribution in [2.24, 2.45) is 0 Å². The summed E-state index contributed by atoms with van der Waals surface area (Å²) < 4.78 is 16.2. The number of hydrogen-bond acceptors (Lipinski definition) is 3. The fourth-order valence-corrected chi connectivity index (χ4v) is 2.22. The van der Waals surface area contributed by atoms with Gasteiger partial charge in [-0.2, -0.15) is 4.39 Å². The van der Waals surface area contributed by atoms with Gasteiger partial charge in [0.25, 0.3) is 5.92 Å². The standard InChI is InChI=1S/C17H15FN4/c1-13-11-15(7-10-19-13)5-6-16-12-22(14(2)21-16)17(18)8-3-4-9-20-17/h3-4,7-12,20H,1-2H3. The number of pyridine rings is 1. The van der Waals surface area contributed by atoms with Gasteiger partial charge in [-0.3, -0.25) is 9.55 Å². The van der Waals surface area contributed by atoms with E-state index in [4.69, 9.17) is 0 Å². The van der Waals surface area contributed by atoms with Crippen LogP contribution in [0.15, 0.2) is 49.0 Å². The normalized spacial score (nSPS) is 19.4. The molecule has 0 radical (unpaired) electrons. The fraction of sp³-hybridized carbons (Fsp3) is 0.176. The van der Waals surface area contributed by atoms with E-state index >= 15 is 0 Å². The third-order valence-electron chi connectivity index (χ3n) is 3.27. The number of rotatable bonds is 1. The largest absolute Gasteiger partial charge is 0.339 e. The minimum Gasteiger partial charge on any atom is -0.339 e. The molecule has 5 heteroatoms. The first-order valence-corrected chi connectivity index (χ1v) is 6.89. The quantitative estimate of drug-likeness (QED) is 0.649. The summed E-state index contributed by atoms with van der Waals surface area (Å²) in [6.07, 6.45) is 9.70. The Labute approximate surface area is 128 Å². The Morgan fingerprint density at radius 1 is 1.27 bits per heavy atom. The number of allylic oxidation sites excluding steroid dienone is 2. The highest BCUT2D eigenvalue weighted by Crippen LogP contribution is 2.22. The number of halogens is 1. The van der Waals surface area contributed by atoms with Crippen LogP contribution >= 0.6 is 0 Å². The highest BCUT2D eigenvalue weighted by Gasteiger charge is 2.29. The Kier molecular flexibility index (Phi) is 3.51. The molecule has 1 aliphatic heterocycles. The number of nitrogens with one attached hydrogen (secondary N) is 1. The van der Waals surface area contributed by atoms with Crippen LogP contribution in [0.3, 0.4) is 0 Å². The van der Waals surface area contributed by atoms with Crippen LogP contribution in [-0.2, 0) is 5.92 Å². The van der Waals surface area contributed by atoms with E-state index in [2.05, 4.69) is 27.1 Å². The summed E-state index contributed by atoms with van der Waals surface area (Å²) in [5, 5.41) is 2.68. The Bertz CT molecular complexity index is 823. The molecule has 0 saturated carbocycles. The lowest BCUT2D eigenvalue weighted by molar-refractivity contribution is 0.100. The molecule has 0 spiro atoms. The summed E-state index contributed by atoms with van der Waals surface area (Å²) in [7, 11) is 0. The maximum absolute atomic E-state index is 14.8. The minimum absolute atomic E-state index is 0.522. The molecule has 22 heavy (non-hydrogen) atoms. The molecule has 2 aromatic heterocycles. The van der Waals surface area contributed by atoms with E-state index < -0.39 is 5.92 Å². The number of nitrogens with zero attached hydrogens (tertiary/aromatic N) is 3.